The molecule has 5 nitrogen and oxygen atoms in total. The van der Waals surface area contributed by atoms with Crippen molar-refractivity contribution in [3.05, 3.63) is 35.4 Å². The van der Waals surface area contributed by atoms with Gasteiger partial charge in [-0.05, 0) is 30.5 Å². The third kappa shape index (κ3) is 3.11. The molecular weight excluding hydrogens is 312 g/mol. The molecule has 1 aliphatic carbocycles. The Kier molecular flexibility index (Phi) is 4.16. The van der Waals surface area contributed by atoms with E-state index in [1.807, 2.05) is 30.3 Å². The highest BCUT2D eigenvalue weighted by Crippen LogP contribution is 2.41. The first-order chi connectivity index (χ1) is 11.0. The highest BCUT2D eigenvalue weighted by atomic mass is 32.2. The largest absolute Gasteiger partial charge is 0.395 e. The fourth-order valence-corrected chi connectivity index (χ4v) is 4.30. The van der Waals surface area contributed by atoms with E-state index in [1.165, 1.54) is 12.8 Å². The van der Waals surface area contributed by atoms with Crippen molar-refractivity contribution in [2.75, 3.05) is 12.9 Å². The molecule has 0 radical (unpaired) electrons. The van der Waals surface area contributed by atoms with Crippen molar-refractivity contribution in [2.24, 2.45) is 5.92 Å². The molecule has 6 heteroatoms. The molecule has 3 atom stereocenters. The van der Waals surface area contributed by atoms with Gasteiger partial charge in [0.25, 0.3) is 0 Å². The zero-order valence-electron chi connectivity index (χ0n) is 12.8. The average molecular weight is 330 g/mol. The molecule has 0 amide bonds. The minimum atomic E-state index is -3.52. The Morgan fingerprint density at radius 1 is 1.30 bits per heavy atom. The van der Waals surface area contributed by atoms with Gasteiger partial charge in [-0.3, -0.25) is 0 Å². The number of aliphatic hydroxyl groups excluding tert-OH is 1. The second-order valence-corrected chi connectivity index (χ2v) is 8.00. The third-order valence-electron chi connectivity index (χ3n) is 4.35. The quantitative estimate of drug-likeness (QED) is 0.840. The summed E-state index contributed by atoms with van der Waals surface area (Å²) >= 11 is 0. The Bertz CT molecular complexity index is 795. The van der Waals surface area contributed by atoms with E-state index in [0.29, 0.717) is 5.92 Å². The summed E-state index contributed by atoms with van der Waals surface area (Å²) in [4.78, 5) is 0. The molecule has 0 aromatic heterocycles. The van der Waals surface area contributed by atoms with Crippen LogP contribution in [0, 0.1) is 29.1 Å². The first-order valence-corrected chi connectivity index (χ1v) is 9.41. The molecule has 0 unspecified atom stereocenters. The van der Waals surface area contributed by atoms with Crippen molar-refractivity contribution in [1.82, 2.24) is 4.31 Å². The molecule has 1 saturated heterocycles. The Morgan fingerprint density at radius 2 is 1.96 bits per heavy atom. The number of hydrogen-bond acceptors (Lipinski definition) is 4. The summed E-state index contributed by atoms with van der Waals surface area (Å²) in [6, 6.07) is 8.19. The van der Waals surface area contributed by atoms with Crippen LogP contribution in [0.4, 0.5) is 0 Å². The molecule has 1 aromatic carbocycles. The van der Waals surface area contributed by atoms with Crippen LogP contribution in [0.15, 0.2) is 24.3 Å². The Hall–Kier alpha value is -1.86. The van der Waals surface area contributed by atoms with Crippen LogP contribution in [-0.4, -0.2) is 42.8 Å². The van der Waals surface area contributed by atoms with Crippen molar-refractivity contribution < 1.29 is 13.5 Å². The molecule has 23 heavy (non-hydrogen) atoms. The highest BCUT2D eigenvalue weighted by molar-refractivity contribution is 7.88. The second-order valence-electron chi connectivity index (χ2n) is 6.11. The normalized spacial score (nSPS) is 27.4. The summed E-state index contributed by atoms with van der Waals surface area (Å²) in [6.45, 7) is -0.306. The third-order valence-corrected chi connectivity index (χ3v) is 5.62. The molecule has 1 N–H and O–H groups in total. The van der Waals surface area contributed by atoms with E-state index < -0.39 is 22.1 Å². The van der Waals surface area contributed by atoms with Crippen molar-refractivity contribution in [3.8, 4) is 17.9 Å². The smallest absolute Gasteiger partial charge is 0.212 e. The highest BCUT2D eigenvalue weighted by Gasteiger charge is 2.53. The van der Waals surface area contributed by atoms with E-state index in [4.69, 9.17) is 0 Å². The predicted octanol–water partition coefficient (Wildman–Crippen LogP) is 1.06. The van der Waals surface area contributed by atoms with Crippen molar-refractivity contribution in [1.29, 1.82) is 5.26 Å². The maximum Gasteiger partial charge on any atom is 0.212 e. The van der Waals surface area contributed by atoms with Gasteiger partial charge < -0.3 is 5.11 Å². The van der Waals surface area contributed by atoms with E-state index >= 15 is 0 Å². The molecule has 3 rings (SSSR count). The maximum atomic E-state index is 11.8. The van der Waals surface area contributed by atoms with E-state index in [9.17, 15) is 18.8 Å². The molecule has 0 bridgehead atoms. The Balaban J connectivity index is 1.83. The standard InChI is InChI=1S/C17H18N2O3S/c1-23(21,22)19-15(10-18)17(16(19)11-20)14-8-6-13(7-9-14)5-4-12-2-3-12/h6-9,12,15-17,20H,2-3,11H2,1H3/t15-,16-,17+/m0/s1. The van der Waals surface area contributed by atoms with Gasteiger partial charge in [0.1, 0.15) is 6.04 Å². The molecule has 120 valence electrons. The maximum absolute atomic E-state index is 11.8. The number of rotatable bonds is 3. The first-order valence-electron chi connectivity index (χ1n) is 7.56. The average Bonchev–Trinajstić information content (AvgIpc) is 3.29. The fourth-order valence-electron chi connectivity index (χ4n) is 3.02. The van der Waals surface area contributed by atoms with Gasteiger partial charge in [0, 0.05) is 17.4 Å². The van der Waals surface area contributed by atoms with Gasteiger partial charge >= 0.3 is 0 Å². The van der Waals surface area contributed by atoms with E-state index in [0.717, 1.165) is 21.7 Å². The lowest BCUT2D eigenvalue weighted by Gasteiger charge is -2.49. The number of sulfonamides is 1. The molecule has 2 fully saturated rings. The number of aliphatic hydroxyl groups is 1. The summed E-state index contributed by atoms with van der Waals surface area (Å²) in [5, 5.41) is 18.8. The van der Waals surface area contributed by atoms with Crippen LogP contribution in [0.2, 0.25) is 0 Å². The zero-order valence-corrected chi connectivity index (χ0v) is 13.6. The molecule has 1 aromatic rings. The molecular formula is C17H18N2O3S. The summed E-state index contributed by atoms with van der Waals surface area (Å²) in [6.07, 6.45) is 3.42. The molecule has 1 saturated carbocycles. The lowest BCUT2D eigenvalue weighted by Crippen LogP contribution is -2.64. The fraction of sp³-hybridized carbons (Fsp3) is 0.471. The lowest BCUT2D eigenvalue weighted by molar-refractivity contribution is 0.0564. The van der Waals surface area contributed by atoms with Crippen LogP contribution in [0.25, 0.3) is 0 Å². The summed E-state index contributed by atoms with van der Waals surface area (Å²) in [7, 11) is -3.52. The number of nitrogens with zero attached hydrogens (tertiary/aromatic N) is 2. The summed E-state index contributed by atoms with van der Waals surface area (Å²) in [5.74, 6) is 6.53. The SMILES string of the molecule is CS(=O)(=O)N1[C@@H](C#N)[C@@H](c2ccc(C#CC3CC3)cc2)[C@@H]1CO. The van der Waals surface area contributed by atoms with Crippen molar-refractivity contribution >= 4 is 10.0 Å². The van der Waals surface area contributed by atoms with Crippen LogP contribution in [0.5, 0.6) is 0 Å². The predicted molar refractivity (Wildman–Crippen MR) is 85.7 cm³/mol. The molecule has 2 aliphatic rings. The van der Waals surface area contributed by atoms with Gasteiger partial charge in [0.15, 0.2) is 0 Å². The minimum Gasteiger partial charge on any atom is -0.395 e. The van der Waals surface area contributed by atoms with Gasteiger partial charge in [-0.15, -0.1) is 0 Å². The first kappa shape index (κ1) is 16.0. The lowest BCUT2D eigenvalue weighted by atomic mass is 9.78. The topological polar surface area (TPSA) is 81.4 Å². The van der Waals surface area contributed by atoms with Crippen LogP contribution >= 0.6 is 0 Å². The molecule has 0 spiro atoms. The minimum absolute atomic E-state index is 0.306. The van der Waals surface area contributed by atoms with Crippen molar-refractivity contribution in [3.63, 3.8) is 0 Å². The van der Waals surface area contributed by atoms with Gasteiger partial charge in [-0.2, -0.15) is 9.57 Å². The van der Waals surface area contributed by atoms with Gasteiger partial charge in [0.05, 0.1) is 25.0 Å². The van der Waals surface area contributed by atoms with Gasteiger partial charge in [0.2, 0.25) is 10.0 Å². The summed E-state index contributed by atoms with van der Waals surface area (Å²) < 4.78 is 24.7. The second kappa shape index (κ2) is 5.98. The zero-order chi connectivity index (χ0) is 16.6. The van der Waals surface area contributed by atoms with Crippen molar-refractivity contribution in [2.45, 2.75) is 30.8 Å². The number of hydrogen-bond donors (Lipinski definition) is 1. The van der Waals surface area contributed by atoms with E-state index in [-0.39, 0.29) is 12.5 Å². The van der Waals surface area contributed by atoms with E-state index in [2.05, 4.69) is 11.8 Å². The van der Waals surface area contributed by atoms with Gasteiger partial charge in [-0.1, -0.05) is 24.0 Å². The monoisotopic (exact) mass is 330 g/mol. The van der Waals surface area contributed by atoms with E-state index in [1.54, 1.807) is 0 Å². The van der Waals surface area contributed by atoms with Crippen LogP contribution in [0.1, 0.15) is 29.9 Å². The summed E-state index contributed by atoms with van der Waals surface area (Å²) in [5.41, 5.74) is 1.77. The Morgan fingerprint density at radius 3 is 2.43 bits per heavy atom. The van der Waals surface area contributed by atoms with Crippen LogP contribution < -0.4 is 0 Å². The Labute approximate surface area is 136 Å². The van der Waals surface area contributed by atoms with Crippen LogP contribution in [-0.2, 0) is 10.0 Å². The molecule has 1 aliphatic heterocycles. The number of benzene rings is 1. The number of nitriles is 1. The van der Waals surface area contributed by atoms with Crippen LogP contribution in [0.3, 0.4) is 0 Å². The van der Waals surface area contributed by atoms with Gasteiger partial charge in [-0.25, -0.2) is 8.42 Å². The molecule has 1 heterocycles.